The first-order valence-electron chi connectivity index (χ1n) is 1.37. The van der Waals surface area contributed by atoms with Crippen LogP contribution in [0.25, 0.3) is 0 Å². The second-order valence-electron chi connectivity index (χ2n) is 0.803. The van der Waals surface area contributed by atoms with Crippen molar-refractivity contribution in [1.29, 1.82) is 0 Å². The predicted molar refractivity (Wildman–Crippen MR) is 24.6 cm³/mol. The van der Waals surface area contributed by atoms with Gasteiger partial charge in [0.2, 0.25) is 5.24 Å². The summed E-state index contributed by atoms with van der Waals surface area (Å²) in [6.45, 7) is 0. The molecule has 0 fully saturated rings. The summed E-state index contributed by atoms with van der Waals surface area (Å²) in [6.07, 6.45) is 0. The number of carbonyl (C=O) groups excluding carboxylic acids is 1. The second-order valence-corrected chi connectivity index (χ2v) is 2.12. The number of halogens is 1. The van der Waals surface area contributed by atoms with Gasteiger partial charge in [-0.25, -0.2) is 0 Å². The Hall–Kier alpha value is 0.0700. The molecule has 0 rings (SSSR count). The maximum absolute atomic E-state index is 9.63. The Balaban J connectivity index is 3.32. The van der Waals surface area contributed by atoms with Crippen molar-refractivity contribution in [2.75, 3.05) is 5.75 Å². The number of rotatable bonds is 2. The van der Waals surface area contributed by atoms with Gasteiger partial charge in [0, 0.05) is 0 Å². The van der Waals surface area contributed by atoms with Crippen LogP contribution in [0, 0.1) is 0 Å². The zero-order valence-corrected chi connectivity index (χ0v) is 4.79. The summed E-state index contributed by atoms with van der Waals surface area (Å²) in [5.74, 6) is -0.596. The first kappa shape index (κ1) is 7.07. The van der Waals surface area contributed by atoms with E-state index in [4.69, 9.17) is 0 Å². The zero-order chi connectivity index (χ0) is 5.86. The molecule has 0 aliphatic carbocycles. The molecule has 0 saturated heterocycles. The third-order valence-corrected chi connectivity index (χ3v) is 1.02. The van der Waals surface area contributed by atoms with Crippen molar-refractivity contribution < 1.29 is 13.6 Å². The zero-order valence-electron chi connectivity index (χ0n) is 3.22. The van der Waals surface area contributed by atoms with Crippen molar-refractivity contribution in [2.45, 2.75) is 0 Å². The van der Waals surface area contributed by atoms with E-state index in [1.165, 1.54) is 0 Å². The molecule has 1 atom stereocenters. The molecular formula is C2H2ClO3S-. The van der Waals surface area contributed by atoms with E-state index in [0.717, 1.165) is 0 Å². The van der Waals surface area contributed by atoms with Gasteiger partial charge < -0.3 is 4.55 Å². The molecule has 0 aromatic heterocycles. The highest BCUT2D eigenvalue weighted by Gasteiger charge is 1.91. The molecule has 1 unspecified atom stereocenters. The summed E-state index contributed by atoms with van der Waals surface area (Å²) < 4.78 is 19.0. The second kappa shape index (κ2) is 3.12. The summed E-state index contributed by atoms with van der Waals surface area (Å²) >= 11 is 2.31. The maximum Gasteiger partial charge on any atom is 0.232 e. The van der Waals surface area contributed by atoms with E-state index in [1.54, 1.807) is 0 Å². The summed E-state index contributed by atoms with van der Waals surface area (Å²) in [7, 11) is 0. The molecule has 0 amide bonds. The van der Waals surface area contributed by atoms with Crippen LogP contribution in [-0.2, 0) is 15.9 Å². The minimum atomic E-state index is -2.33. The molecule has 0 saturated carbocycles. The molecule has 0 aliphatic heterocycles. The van der Waals surface area contributed by atoms with E-state index in [0.29, 0.717) is 0 Å². The highest BCUT2D eigenvalue weighted by molar-refractivity contribution is 7.80. The Labute approximate surface area is 47.9 Å². The maximum atomic E-state index is 9.63. The summed E-state index contributed by atoms with van der Waals surface area (Å²) in [6, 6.07) is 0. The fraction of sp³-hybridized carbons (Fsp3) is 0.500. The third-order valence-electron chi connectivity index (χ3n) is 0.231. The van der Waals surface area contributed by atoms with Crippen LogP contribution in [0.1, 0.15) is 0 Å². The van der Waals surface area contributed by atoms with Crippen molar-refractivity contribution in [1.82, 2.24) is 0 Å². The Morgan fingerprint density at radius 1 is 1.86 bits per heavy atom. The average molecular weight is 142 g/mol. The third kappa shape index (κ3) is 6.07. The van der Waals surface area contributed by atoms with Gasteiger partial charge in [0.1, 0.15) is 0 Å². The fourth-order valence-corrected chi connectivity index (χ4v) is 0.545. The summed E-state index contributed by atoms with van der Waals surface area (Å²) in [4.78, 5) is 9.63. The highest BCUT2D eigenvalue weighted by atomic mass is 35.5. The lowest BCUT2D eigenvalue weighted by Gasteiger charge is -1.95. The Bertz CT molecular complexity index is 89.1. The van der Waals surface area contributed by atoms with E-state index < -0.39 is 22.1 Å². The molecule has 0 aliphatic rings. The molecule has 7 heavy (non-hydrogen) atoms. The van der Waals surface area contributed by atoms with Gasteiger partial charge in [-0.3, -0.25) is 9.00 Å². The standard InChI is InChI=1S/C2H3ClO3S/c3-2(4)1-7(5)6/h1H2,(H,5,6)/p-1. The van der Waals surface area contributed by atoms with Gasteiger partial charge in [0.05, 0.1) is 5.75 Å². The molecule has 42 valence electrons. The van der Waals surface area contributed by atoms with Gasteiger partial charge in [-0.2, -0.15) is 0 Å². The van der Waals surface area contributed by atoms with Crippen LogP contribution < -0.4 is 0 Å². The van der Waals surface area contributed by atoms with Crippen molar-refractivity contribution in [2.24, 2.45) is 0 Å². The van der Waals surface area contributed by atoms with E-state index in [-0.39, 0.29) is 0 Å². The van der Waals surface area contributed by atoms with Crippen molar-refractivity contribution in [3.63, 3.8) is 0 Å². The monoisotopic (exact) mass is 141 g/mol. The SMILES string of the molecule is O=C(Cl)CS(=O)[O-]. The van der Waals surface area contributed by atoms with Crippen LogP contribution in [0.4, 0.5) is 0 Å². The Kier molecular flexibility index (Phi) is 3.15. The molecule has 0 spiro atoms. The van der Waals surface area contributed by atoms with Crippen LogP contribution >= 0.6 is 11.6 Å². The average Bonchev–Trinajstić information content (AvgIpc) is 1.27. The largest absolute Gasteiger partial charge is 0.772 e. The smallest absolute Gasteiger partial charge is 0.232 e. The lowest BCUT2D eigenvalue weighted by atomic mass is 10.9. The van der Waals surface area contributed by atoms with Gasteiger partial charge in [-0.05, 0) is 22.7 Å². The van der Waals surface area contributed by atoms with Gasteiger partial charge in [-0.1, -0.05) is 0 Å². The lowest BCUT2D eigenvalue weighted by Crippen LogP contribution is -2.01. The molecule has 0 radical (unpaired) electrons. The van der Waals surface area contributed by atoms with Gasteiger partial charge in [-0.15, -0.1) is 0 Å². The normalized spacial score (nSPS) is 13.4. The number of carbonyl (C=O) groups is 1. The summed E-state index contributed by atoms with van der Waals surface area (Å²) in [5.41, 5.74) is 0. The number of hydrogen-bond acceptors (Lipinski definition) is 3. The minimum absolute atomic E-state index is 0.596. The lowest BCUT2D eigenvalue weighted by molar-refractivity contribution is -0.109. The van der Waals surface area contributed by atoms with E-state index >= 15 is 0 Å². The van der Waals surface area contributed by atoms with E-state index in [9.17, 15) is 13.6 Å². The van der Waals surface area contributed by atoms with Gasteiger partial charge >= 0.3 is 0 Å². The Morgan fingerprint density at radius 3 is 2.29 bits per heavy atom. The fourth-order valence-electron chi connectivity index (χ4n) is 0.0927. The van der Waals surface area contributed by atoms with Crippen molar-refractivity contribution >= 4 is 27.9 Å². The van der Waals surface area contributed by atoms with Crippen molar-refractivity contribution in [3.8, 4) is 0 Å². The molecule has 0 N–H and O–H groups in total. The van der Waals surface area contributed by atoms with Gasteiger partial charge in [0.15, 0.2) is 0 Å². The van der Waals surface area contributed by atoms with Crippen molar-refractivity contribution in [3.05, 3.63) is 0 Å². The molecule has 3 nitrogen and oxygen atoms in total. The molecule has 0 aromatic rings. The predicted octanol–water partition coefficient (Wildman–Crippen LogP) is -0.369. The molecule has 5 heteroatoms. The first-order valence-corrected chi connectivity index (χ1v) is 2.99. The van der Waals surface area contributed by atoms with Crippen LogP contribution in [-0.4, -0.2) is 19.8 Å². The topological polar surface area (TPSA) is 57.2 Å². The highest BCUT2D eigenvalue weighted by Crippen LogP contribution is 1.80. The molecule has 0 bridgehead atoms. The van der Waals surface area contributed by atoms with E-state index in [2.05, 4.69) is 11.6 Å². The van der Waals surface area contributed by atoms with Crippen LogP contribution in [0.3, 0.4) is 0 Å². The molecule has 0 aromatic carbocycles. The van der Waals surface area contributed by atoms with Crippen LogP contribution in [0.2, 0.25) is 0 Å². The minimum Gasteiger partial charge on any atom is -0.772 e. The van der Waals surface area contributed by atoms with Gasteiger partial charge in [0.25, 0.3) is 0 Å². The summed E-state index contributed by atoms with van der Waals surface area (Å²) in [5, 5.41) is -0.853. The molecule has 0 heterocycles. The quantitative estimate of drug-likeness (QED) is 0.390. The number of hydrogen-bond donors (Lipinski definition) is 0. The Morgan fingerprint density at radius 2 is 2.29 bits per heavy atom. The van der Waals surface area contributed by atoms with Crippen LogP contribution in [0.15, 0.2) is 0 Å². The first-order chi connectivity index (χ1) is 3.13. The molecular weight excluding hydrogens is 140 g/mol. The van der Waals surface area contributed by atoms with E-state index in [1.807, 2.05) is 0 Å². The van der Waals surface area contributed by atoms with Crippen LogP contribution in [0.5, 0.6) is 0 Å².